The van der Waals surface area contributed by atoms with Crippen LogP contribution in [0.1, 0.15) is 71.0 Å². The molecule has 0 spiro atoms. The Morgan fingerprint density at radius 2 is 1.83 bits per heavy atom. The van der Waals surface area contributed by atoms with E-state index in [9.17, 15) is 24.3 Å². The number of aliphatic hydroxyl groups is 1. The summed E-state index contributed by atoms with van der Waals surface area (Å²) in [5, 5.41) is 26.4. The first-order valence-electron chi connectivity index (χ1n) is 21.5. The van der Waals surface area contributed by atoms with Crippen molar-refractivity contribution in [2.75, 3.05) is 68.0 Å². The Hall–Kier alpha value is -5.85. The maximum absolute atomic E-state index is 13.3. The normalized spacial score (nSPS) is 19.3. The lowest BCUT2D eigenvalue weighted by molar-refractivity contribution is -0.134. The van der Waals surface area contributed by atoms with E-state index in [-0.39, 0.29) is 47.7 Å². The third-order valence-corrected chi connectivity index (χ3v) is 12.7. The van der Waals surface area contributed by atoms with Crippen molar-refractivity contribution in [3.8, 4) is 5.75 Å². The highest BCUT2D eigenvalue weighted by Crippen LogP contribution is 2.37. The fourth-order valence-corrected chi connectivity index (χ4v) is 9.33. The standard InChI is InChI=1S/C44H55ClN12O6/c1-25(2)57-40-27(19-33(42(57)61)63-24-36(59)46-5)18-28(20-47-40)49-39-31(45)21-48-43(51-39)56-17-16-55(34(23-56)44(3,4)62)22-26-12-14-54(15-13-26)32-9-7-8-29-37(52-53(6)38(29)32)30-10-11-35(58)50-41(30)60/h7-9,18-21,25-26,30,34,62H,10-17,22-24H2,1-6H3,(H,46,59)(H,48,49,51)(H,50,58,60)/t30?,34-/m0/s1. The number of halogens is 1. The van der Waals surface area contributed by atoms with Gasteiger partial charge in [-0.3, -0.25) is 38.6 Å². The van der Waals surface area contributed by atoms with Crippen LogP contribution in [0.15, 0.2) is 47.5 Å². The number of likely N-dealkylation sites (N-methyl/N-ethyl adjacent to an activating group) is 1. The van der Waals surface area contributed by atoms with E-state index in [1.165, 1.54) is 11.6 Å². The number of nitrogens with one attached hydrogen (secondary N) is 3. The number of carbonyl (C=O) groups excluding carboxylic acids is 3. The van der Waals surface area contributed by atoms with E-state index in [0.29, 0.717) is 77.6 Å². The van der Waals surface area contributed by atoms with Gasteiger partial charge in [0, 0.05) is 76.6 Å². The van der Waals surface area contributed by atoms with E-state index < -0.39 is 11.5 Å². The molecule has 0 radical (unpaired) electrons. The number of anilines is 4. The van der Waals surface area contributed by atoms with E-state index in [0.717, 1.165) is 49.1 Å². The number of aromatic nitrogens is 6. The Morgan fingerprint density at radius 3 is 2.54 bits per heavy atom. The number of piperazine rings is 1. The molecule has 3 saturated heterocycles. The number of imide groups is 1. The minimum absolute atomic E-state index is 0.0363. The molecule has 4 aromatic heterocycles. The lowest BCUT2D eigenvalue weighted by atomic mass is 9.90. The van der Waals surface area contributed by atoms with Crippen molar-refractivity contribution >= 4 is 74.4 Å². The molecule has 63 heavy (non-hydrogen) atoms. The number of aryl methyl sites for hydroxylation is 1. The Bertz CT molecular complexity index is 2620. The number of carbonyl (C=O) groups is 3. The molecule has 1 aromatic carbocycles. The van der Waals surface area contributed by atoms with Crippen molar-refractivity contribution < 1.29 is 24.2 Å². The molecule has 4 N–H and O–H groups in total. The second-order valence-corrected chi connectivity index (χ2v) is 18.0. The molecule has 7 heterocycles. The van der Waals surface area contributed by atoms with E-state index >= 15 is 0 Å². The van der Waals surface area contributed by atoms with Gasteiger partial charge in [-0.05, 0) is 71.1 Å². The molecular weight excluding hydrogens is 828 g/mol. The molecule has 1 unspecified atom stereocenters. The summed E-state index contributed by atoms with van der Waals surface area (Å²) in [5.41, 5.74) is 2.43. The lowest BCUT2D eigenvalue weighted by Gasteiger charge is -2.48. The number of hydrogen-bond donors (Lipinski definition) is 4. The molecule has 5 aromatic rings. The van der Waals surface area contributed by atoms with Crippen molar-refractivity contribution in [2.45, 2.75) is 77.0 Å². The summed E-state index contributed by atoms with van der Waals surface area (Å²) < 4.78 is 9.00. The number of pyridine rings is 2. The minimum Gasteiger partial charge on any atom is -0.478 e. The van der Waals surface area contributed by atoms with Gasteiger partial charge in [0.05, 0.1) is 52.5 Å². The second kappa shape index (κ2) is 17.7. The lowest BCUT2D eigenvalue weighted by Crippen LogP contribution is -2.62. The van der Waals surface area contributed by atoms with Gasteiger partial charge in [-0.2, -0.15) is 10.1 Å². The van der Waals surface area contributed by atoms with Crippen LogP contribution in [0.4, 0.5) is 23.1 Å². The summed E-state index contributed by atoms with van der Waals surface area (Å²) in [6.07, 6.45) is 5.88. The highest BCUT2D eigenvalue weighted by Gasteiger charge is 2.39. The van der Waals surface area contributed by atoms with E-state index in [1.54, 1.807) is 18.5 Å². The highest BCUT2D eigenvalue weighted by atomic mass is 35.5. The molecular formula is C44H55ClN12O6. The molecule has 0 aliphatic carbocycles. The zero-order valence-electron chi connectivity index (χ0n) is 36.5. The van der Waals surface area contributed by atoms with Crippen molar-refractivity contribution in [3.05, 3.63) is 63.8 Å². The number of amides is 3. The quantitative estimate of drug-likeness (QED) is 0.132. The zero-order valence-corrected chi connectivity index (χ0v) is 37.3. The fourth-order valence-electron chi connectivity index (χ4n) is 9.19. The summed E-state index contributed by atoms with van der Waals surface area (Å²) in [6, 6.07) is 9.13. The maximum Gasteiger partial charge on any atom is 0.294 e. The van der Waals surface area contributed by atoms with Gasteiger partial charge in [-0.1, -0.05) is 23.7 Å². The molecule has 3 aliphatic heterocycles. The summed E-state index contributed by atoms with van der Waals surface area (Å²) >= 11 is 6.65. The Morgan fingerprint density at radius 1 is 1.05 bits per heavy atom. The molecule has 0 bridgehead atoms. The Kier molecular flexibility index (Phi) is 12.3. The van der Waals surface area contributed by atoms with Gasteiger partial charge < -0.3 is 30.3 Å². The first-order chi connectivity index (χ1) is 30.1. The SMILES string of the molecule is CNC(=O)COc1cc2cc(Nc3nc(N4CCN(CC5CCN(c6cccc7c(C8CCC(=O)NC8=O)nn(C)c67)CC5)[C@H](C(C)(C)O)C4)ncc3Cl)cnc2n(C(C)C)c1=O. The van der Waals surface area contributed by atoms with Crippen molar-refractivity contribution in [1.82, 2.24) is 44.8 Å². The van der Waals surface area contributed by atoms with Crippen LogP contribution in [-0.2, 0) is 21.4 Å². The second-order valence-electron chi connectivity index (χ2n) is 17.6. The number of fused-ring (bicyclic) bond motifs is 2. The van der Waals surface area contributed by atoms with Gasteiger partial charge in [-0.15, -0.1) is 0 Å². The van der Waals surface area contributed by atoms with Crippen LogP contribution in [0.3, 0.4) is 0 Å². The molecule has 3 fully saturated rings. The topological polar surface area (TPSA) is 205 Å². The number of nitrogens with zero attached hydrogens (tertiary/aromatic N) is 9. The number of rotatable bonds is 12. The van der Waals surface area contributed by atoms with Gasteiger partial charge >= 0.3 is 0 Å². The molecule has 3 amide bonds. The minimum atomic E-state index is -1.02. The molecule has 8 rings (SSSR count). The molecule has 3 aliphatic rings. The predicted molar refractivity (Wildman–Crippen MR) is 241 cm³/mol. The number of piperidine rings is 2. The van der Waals surface area contributed by atoms with E-state index in [1.807, 2.05) is 57.6 Å². The van der Waals surface area contributed by atoms with E-state index in [4.69, 9.17) is 26.4 Å². The van der Waals surface area contributed by atoms with Crippen molar-refractivity contribution in [3.63, 3.8) is 0 Å². The number of benzene rings is 1. The fraction of sp³-hybridized carbons (Fsp3) is 0.500. The average Bonchev–Trinajstić information content (AvgIpc) is 3.59. The van der Waals surface area contributed by atoms with Crippen molar-refractivity contribution in [2.24, 2.45) is 13.0 Å². The van der Waals surface area contributed by atoms with Crippen LogP contribution in [0.25, 0.3) is 21.9 Å². The first kappa shape index (κ1) is 43.8. The van der Waals surface area contributed by atoms with Crippen LogP contribution < -0.4 is 36.0 Å². The summed E-state index contributed by atoms with van der Waals surface area (Å²) in [4.78, 5) is 70.7. The van der Waals surface area contributed by atoms with Crippen LogP contribution in [0.5, 0.6) is 5.75 Å². The van der Waals surface area contributed by atoms with Gasteiger partial charge in [0.1, 0.15) is 10.7 Å². The zero-order chi connectivity index (χ0) is 44.7. The highest BCUT2D eigenvalue weighted by molar-refractivity contribution is 6.33. The Labute approximate surface area is 369 Å². The molecule has 0 saturated carbocycles. The predicted octanol–water partition coefficient (Wildman–Crippen LogP) is 3.87. The summed E-state index contributed by atoms with van der Waals surface area (Å²) in [6.45, 7) is 11.6. The van der Waals surface area contributed by atoms with Gasteiger partial charge in [0.15, 0.2) is 18.2 Å². The number of hydrogen-bond acceptors (Lipinski definition) is 14. The smallest absolute Gasteiger partial charge is 0.294 e. The van der Waals surface area contributed by atoms with Gasteiger partial charge in [-0.25, -0.2) is 9.97 Å². The van der Waals surface area contributed by atoms with Gasteiger partial charge in [0.2, 0.25) is 17.8 Å². The molecule has 19 heteroatoms. The third kappa shape index (κ3) is 9.01. The van der Waals surface area contributed by atoms with Gasteiger partial charge in [0.25, 0.3) is 11.5 Å². The van der Waals surface area contributed by atoms with Crippen LogP contribution in [-0.4, -0.2) is 122 Å². The van der Waals surface area contributed by atoms with Crippen molar-refractivity contribution in [1.29, 1.82) is 0 Å². The largest absolute Gasteiger partial charge is 0.478 e. The maximum atomic E-state index is 13.3. The molecule has 2 atom stereocenters. The monoisotopic (exact) mass is 882 g/mol. The molecule has 18 nitrogen and oxygen atoms in total. The first-order valence-corrected chi connectivity index (χ1v) is 21.9. The number of ether oxygens (including phenoxy) is 1. The van der Waals surface area contributed by atoms with Crippen LogP contribution in [0.2, 0.25) is 5.02 Å². The number of para-hydroxylation sites is 1. The van der Waals surface area contributed by atoms with Crippen LogP contribution in [0, 0.1) is 5.92 Å². The van der Waals surface area contributed by atoms with E-state index in [2.05, 4.69) is 46.7 Å². The van der Waals surface area contributed by atoms with Crippen LogP contribution >= 0.6 is 11.6 Å². The Balaban J connectivity index is 0.939. The summed E-state index contributed by atoms with van der Waals surface area (Å²) in [5.74, 6) is -0.0309. The molecule has 334 valence electrons. The summed E-state index contributed by atoms with van der Waals surface area (Å²) in [7, 11) is 3.41. The average molecular weight is 883 g/mol. The third-order valence-electron chi connectivity index (χ3n) is 12.5.